The highest BCUT2D eigenvalue weighted by Gasteiger charge is 2.36. The molecule has 2 saturated carbocycles. The summed E-state index contributed by atoms with van der Waals surface area (Å²) in [6, 6.07) is 7.54. The summed E-state index contributed by atoms with van der Waals surface area (Å²) in [5.74, 6) is -2.44. The molecule has 0 aliphatic heterocycles. The summed E-state index contributed by atoms with van der Waals surface area (Å²) >= 11 is 0. The van der Waals surface area contributed by atoms with Crippen molar-refractivity contribution in [1.82, 2.24) is 14.9 Å². The molecule has 3 aromatic rings. The van der Waals surface area contributed by atoms with Crippen LogP contribution in [0.5, 0.6) is 0 Å². The van der Waals surface area contributed by atoms with E-state index in [2.05, 4.69) is 10.3 Å². The molecular weight excluding hydrogens is 439 g/mol. The fraction of sp³-hybridized carbons (Fsp3) is 0.481. The van der Waals surface area contributed by atoms with Crippen molar-refractivity contribution in [3.8, 4) is 11.4 Å². The number of carbonyl (C=O) groups excluding carboxylic acids is 1. The molecule has 0 saturated heterocycles. The highest BCUT2D eigenvalue weighted by atomic mass is 19.2. The molecule has 34 heavy (non-hydrogen) atoms. The van der Waals surface area contributed by atoms with E-state index in [1.165, 1.54) is 36.8 Å². The maximum Gasteiger partial charge on any atom is 0.243 e. The van der Waals surface area contributed by atoms with Gasteiger partial charge in [0.1, 0.15) is 17.7 Å². The summed E-state index contributed by atoms with van der Waals surface area (Å²) in [6.45, 7) is 0. The fourth-order valence-electron chi connectivity index (χ4n) is 5.74. The van der Waals surface area contributed by atoms with Gasteiger partial charge in [0.25, 0.3) is 0 Å². The smallest absolute Gasteiger partial charge is 0.243 e. The van der Waals surface area contributed by atoms with Crippen molar-refractivity contribution in [2.24, 2.45) is 5.92 Å². The number of nitrogens with one attached hydrogen (secondary N) is 1. The number of rotatable bonds is 5. The summed E-state index contributed by atoms with van der Waals surface area (Å²) in [5, 5.41) is 3.24. The number of nitrogens with zero attached hydrogens (tertiary/aromatic N) is 2. The Morgan fingerprint density at radius 2 is 1.65 bits per heavy atom. The number of benzene rings is 2. The highest BCUT2D eigenvalue weighted by molar-refractivity contribution is 5.87. The van der Waals surface area contributed by atoms with Gasteiger partial charge in [0.05, 0.1) is 16.6 Å². The predicted molar refractivity (Wildman–Crippen MR) is 126 cm³/mol. The zero-order valence-electron chi connectivity index (χ0n) is 19.2. The van der Waals surface area contributed by atoms with Gasteiger partial charge in [-0.25, -0.2) is 18.2 Å². The Morgan fingerprint density at radius 3 is 2.38 bits per heavy atom. The Morgan fingerprint density at radius 1 is 0.941 bits per heavy atom. The summed E-state index contributed by atoms with van der Waals surface area (Å²) in [4.78, 5) is 18.4. The van der Waals surface area contributed by atoms with Crippen molar-refractivity contribution >= 4 is 16.9 Å². The Kier molecular flexibility index (Phi) is 6.61. The molecule has 0 unspecified atom stereocenters. The standard InChI is InChI=1S/C27H30F3N3O/c28-18-14-15-22-23(16-18)33(26(32-22)20-12-7-13-21(29)24(20)30)25(17-8-3-1-4-9-17)27(34)31-19-10-5-2-6-11-19/h7,12-17,19,25H,1-6,8-11H2,(H,31,34)/t25-/m0/s1. The minimum atomic E-state index is -1.02. The number of halogens is 3. The minimum absolute atomic E-state index is 0.00776. The highest BCUT2D eigenvalue weighted by Crippen LogP contribution is 2.39. The number of aromatic nitrogens is 2. The van der Waals surface area contributed by atoms with Crippen molar-refractivity contribution in [3.63, 3.8) is 0 Å². The molecule has 180 valence electrons. The summed E-state index contributed by atoms with van der Waals surface area (Å²) in [6.07, 6.45) is 10.0. The van der Waals surface area contributed by atoms with E-state index in [9.17, 15) is 18.0 Å². The third kappa shape index (κ3) is 4.44. The van der Waals surface area contributed by atoms with Gasteiger partial charge in [-0.05, 0) is 61.9 Å². The Balaban J connectivity index is 1.67. The van der Waals surface area contributed by atoms with E-state index in [0.29, 0.717) is 11.0 Å². The lowest BCUT2D eigenvalue weighted by molar-refractivity contribution is -0.127. The van der Waals surface area contributed by atoms with Gasteiger partial charge in [-0.3, -0.25) is 4.79 Å². The summed E-state index contributed by atoms with van der Waals surface area (Å²) < 4.78 is 45.2. The van der Waals surface area contributed by atoms with E-state index in [0.717, 1.165) is 63.9 Å². The van der Waals surface area contributed by atoms with Crippen LogP contribution in [0.2, 0.25) is 0 Å². The van der Waals surface area contributed by atoms with Crippen LogP contribution >= 0.6 is 0 Å². The maximum absolute atomic E-state index is 15.0. The molecule has 5 rings (SSSR count). The molecule has 1 amide bonds. The van der Waals surface area contributed by atoms with Gasteiger partial charge in [0.2, 0.25) is 5.91 Å². The molecule has 1 atom stereocenters. The van der Waals surface area contributed by atoms with Crippen molar-refractivity contribution in [3.05, 3.63) is 53.8 Å². The Bertz CT molecular complexity index is 1180. The minimum Gasteiger partial charge on any atom is -0.352 e. The molecule has 0 bridgehead atoms. The van der Waals surface area contributed by atoms with E-state index in [-0.39, 0.29) is 29.3 Å². The number of carbonyl (C=O) groups is 1. The van der Waals surface area contributed by atoms with Crippen molar-refractivity contribution in [1.29, 1.82) is 0 Å². The van der Waals surface area contributed by atoms with Crippen LogP contribution in [0.25, 0.3) is 22.4 Å². The van der Waals surface area contributed by atoms with Gasteiger partial charge in [-0.1, -0.05) is 44.6 Å². The van der Waals surface area contributed by atoms with Crippen molar-refractivity contribution < 1.29 is 18.0 Å². The van der Waals surface area contributed by atoms with E-state index in [1.807, 2.05) is 0 Å². The lowest BCUT2D eigenvalue weighted by Gasteiger charge is -2.33. The topological polar surface area (TPSA) is 46.9 Å². The van der Waals surface area contributed by atoms with Gasteiger partial charge in [-0.15, -0.1) is 0 Å². The first kappa shape index (κ1) is 22.9. The molecule has 2 aliphatic rings. The van der Waals surface area contributed by atoms with E-state index in [1.54, 1.807) is 4.57 Å². The zero-order chi connectivity index (χ0) is 23.7. The predicted octanol–water partition coefficient (Wildman–Crippen LogP) is 6.69. The molecule has 2 aromatic carbocycles. The van der Waals surface area contributed by atoms with Crippen molar-refractivity contribution in [2.75, 3.05) is 0 Å². The van der Waals surface area contributed by atoms with Gasteiger partial charge in [0, 0.05) is 6.04 Å². The number of hydrogen-bond donors (Lipinski definition) is 1. The van der Waals surface area contributed by atoms with Crippen molar-refractivity contribution in [2.45, 2.75) is 76.3 Å². The monoisotopic (exact) mass is 469 g/mol. The molecule has 1 heterocycles. The molecule has 0 spiro atoms. The molecule has 2 aliphatic carbocycles. The molecule has 7 heteroatoms. The van der Waals surface area contributed by atoms with Crippen LogP contribution in [0.15, 0.2) is 36.4 Å². The van der Waals surface area contributed by atoms with E-state index < -0.39 is 23.5 Å². The second kappa shape index (κ2) is 9.80. The number of fused-ring (bicyclic) bond motifs is 1. The molecule has 0 radical (unpaired) electrons. The third-order valence-corrected chi connectivity index (χ3v) is 7.44. The largest absolute Gasteiger partial charge is 0.352 e. The zero-order valence-corrected chi connectivity index (χ0v) is 19.2. The van der Waals surface area contributed by atoms with Crippen LogP contribution in [0, 0.1) is 23.4 Å². The number of imidazole rings is 1. The van der Waals surface area contributed by atoms with Crippen LogP contribution in [-0.2, 0) is 4.79 Å². The third-order valence-electron chi connectivity index (χ3n) is 7.44. The van der Waals surface area contributed by atoms with Gasteiger partial charge in [0.15, 0.2) is 11.6 Å². The lowest BCUT2D eigenvalue weighted by Crippen LogP contribution is -2.43. The molecular formula is C27H30F3N3O. The van der Waals surface area contributed by atoms with Gasteiger partial charge >= 0.3 is 0 Å². The van der Waals surface area contributed by atoms with Gasteiger partial charge < -0.3 is 9.88 Å². The summed E-state index contributed by atoms with van der Waals surface area (Å²) in [7, 11) is 0. The Labute approximate surface area is 197 Å². The fourth-order valence-corrected chi connectivity index (χ4v) is 5.74. The second-order valence-electron chi connectivity index (χ2n) is 9.73. The first-order chi connectivity index (χ1) is 16.5. The van der Waals surface area contributed by atoms with Crippen LogP contribution in [-0.4, -0.2) is 21.5 Å². The van der Waals surface area contributed by atoms with Crippen LogP contribution in [0.4, 0.5) is 13.2 Å². The quantitative estimate of drug-likeness (QED) is 0.452. The van der Waals surface area contributed by atoms with E-state index >= 15 is 0 Å². The normalized spacial score (nSPS) is 18.8. The average molecular weight is 470 g/mol. The molecule has 4 nitrogen and oxygen atoms in total. The second-order valence-corrected chi connectivity index (χ2v) is 9.73. The molecule has 1 aromatic heterocycles. The Hall–Kier alpha value is -2.83. The number of hydrogen-bond acceptors (Lipinski definition) is 2. The van der Waals surface area contributed by atoms with Crippen LogP contribution in [0.3, 0.4) is 0 Å². The summed E-state index contributed by atoms with van der Waals surface area (Å²) in [5.41, 5.74) is 0.849. The molecule has 1 N–H and O–H groups in total. The maximum atomic E-state index is 15.0. The average Bonchev–Trinajstić information content (AvgIpc) is 3.20. The van der Waals surface area contributed by atoms with Gasteiger partial charge in [-0.2, -0.15) is 0 Å². The SMILES string of the molecule is O=C(NC1CCCCC1)[C@H](C1CCCCC1)n1c(-c2cccc(F)c2F)nc2ccc(F)cc21. The van der Waals surface area contributed by atoms with Crippen LogP contribution < -0.4 is 5.32 Å². The van der Waals surface area contributed by atoms with E-state index in [4.69, 9.17) is 0 Å². The molecule has 2 fully saturated rings. The first-order valence-electron chi connectivity index (χ1n) is 12.4. The number of amides is 1. The lowest BCUT2D eigenvalue weighted by atomic mass is 9.82. The van der Waals surface area contributed by atoms with Crippen LogP contribution in [0.1, 0.15) is 70.3 Å². The first-order valence-corrected chi connectivity index (χ1v) is 12.4.